The molecule has 2 aliphatic rings. The summed E-state index contributed by atoms with van der Waals surface area (Å²) in [7, 11) is 1.69. The molecule has 0 radical (unpaired) electrons. The van der Waals surface area contributed by atoms with E-state index in [2.05, 4.69) is 12.4 Å². The van der Waals surface area contributed by atoms with Crippen LogP contribution in [0.5, 0.6) is 0 Å². The summed E-state index contributed by atoms with van der Waals surface area (Å²) in [6.45, 7) is 4.16. The molecule has 1 spiro atoms. The highest BCUT2D eigenvalue weighted by Gasteiger charge is 2.56. The van der Waals surface area contributed by atoms with E-state index >= 15 is 0 Å². The quantitative estimate of drug-likeness (QED) is 0.547. The highest BCUT2D eigenvalue weighted by molar-refractivity contribution is 5.09. The first-order valence-corrected chi connectivity index (χ1v) is 6.81. The van der Waals surface area contributed by atoms with Crippen LogP contribution in [0.25, 0.3) is 0 Å². The van der Waals surface area contributed by atoms with Gasteiger partial charge in [-0.15, -0.1) is 0 Å². The Hall–Kier alpha value is -0.160. The van der Waals surface area contributed by atoms with Crippen molar-refractivity contribution in [2.75, 3.05) is 26.9 Å². The van der Waals surface area contributed by atoms with Crippen LogP contribution in [0, 0.1) is 5.41 Å². The van der Waals surface area contributed by atoms with Gasteiger partial charge in [-0.3, -0.25) is 4.84 Å². The third-order valence-corrected chi connectivity index (χ3v) is 4.30. The summed E-state index contributed by atoms with van der Waals surface area (Å²) in [5.41, 5.74) is 3.57. The SMILES string of the molecule is CCOC1CC(NOCCOC)C12CCCC2. The van der Waals surface area contributed by atoms with Crippen molar-refractivity contribution in [2.24, 2.45) is 5.41 Å². The van der Waals surface area contributed by atoms with E-state index in [1.807, 2.05) is 0 Å². The minimum Gasteiger partial charge on any atom is -0.382 e. The largest absolute Gasteiger partial charge is 0.382 e. The maximum atomic E-state index is 5.85. The van der Waals surface area contributed by atoms with E-state index in [1.54, 1.807) is 7.11 Å². The Morgan fingerprint density at radius 1 is 1.24 bits per heavy atom. The summed E-state index contributed by atoms with van der Waals surface area (Å²) >= 11 is 0. The topological polar surface area (TPSA) is 39.7 Å². The minimum atomic E-state index is 0.350. The van der Waals surface area contributed by atoms with Crippen molar-refractivity contribution in [3.63, 3.8) is 0 Å². The van der Waals surface area contributed by atoms with Gasteiger partial charge in [0.25, 0.3) is 0 Å². The van der Waals surface area contributed by atoms with Gasteiger partial charge in [-0.05, 0) is 26.2 Å². The summed E-state index contributed by atoms with van der Waals surface area (Å²) in [4.78, 5) is 5.46. The van der Waals surface area contributed by atoms with Gasteiger partial charge in [-0.2, -0.15) is 5.48 Å². The van der Waals surface area contributed by atoms with E-state index in [4.69, 9.17) is 14.3 Å². The second-order valence-electron chi connectivity index (χ2n) is 5.13. The van der Waals surface area contributed by atoms with Crippen molar-refractivity contribution in [2.45, 2.75) is 51.2 Å². The lowest BCUT2D eigenvalue weighted by Crippen LogP contribution is -2.62. The molecule has 100 valence electrons. The van der Waals surface area contributed by atoms with Gasteiger partial charge in [-0.1, -0.05) is 12.8 Å². The predicted molar refractivity (Wildman–Crippen MR) is 65.7 cm³/mol. The van der Waals surface area contributed by atoms with E-state index in [9.17, 15) is 0 Å². The second kappa shape index (κ2) is 6.14. The zero-order chi connectivity index (χ0) is 12.1. The van der Waals surface area contributed by atoms with Crippen LogP contribution in [0.4, 0.5) is 0 Å². The molecule has 0 heterocycles. The van der Waals surface area contributed by atoms with E-state index in [0.717, 1.165) is 13.0 Å². The summed E-state index contributed by atoms with van der Waals surface area (Å²) in [5.74, 6) is 0. The molecular formula is C13H25NO3. The summed E-state index contributed by atoms with van der Waals surface area (Å²) < 4.78 is 10.8. The minimum absolute atomic E-state index is 0.350. The van der Waals surface area contributed by atoms with E-state index in [0.29, 0.717) is 30.8 Å². The number of hydroxylamine groups is 1. The van der Waals surface area contributed by atoms with Gasteiger partial charge in [0.05, 0.1) is 19.3 Å². The molecule has 2 fully saturated rings. The highest BCUT2D eigenvalue weighted by atomic mass is 16.7. The lowest BCUT2D eigenvalue weighted by Gasteiger charge is -2.53. The van der Waals surface area contributed by atoms with E-state index < -0.39 is 0 Å². The van der Waals surface area contributed by atoms with Gasteiger partial charge >= 0.3 is 0 Å². The molecule has 2 unspecified atom stereocenters. The Kier molecular flexibility index (Phi) is 4.79. The standard InChI is InChI=1S/C13H25NO3/c1-3-16-12-10-11(14-17-9-8-15-2)13(12)6-4-5-7-13/h11-12,14H,3-10H2,1-2H3. The fourth-order valence-electron chi connectivity index (χ4n) is 3.34. The molecule has 4 heteroatoms. The summed E-state index contributed by atoms with van der Waals surface area (Å²) in [6.07, 6.45) is 6.75. The molecule has 0 saturated heterocycles. The first-order valence-electron chi connectivity index (χ1n) is 6.81. The molecule has 0 aromatic heterocycles. The van der Waals surface area contributed by atoms with Crippen molar-refractivity contribution >= 4 is 0 Å². The number of methoxy groups -OCH3 is 1. The highest BCUT2D eigenvalue weighted by Crippen LogP contribution is 2.54. The van der Waals surface area contributed by atoms with Crippen LogP contribution in [0.1, 0.15) is 39.0 Å². The van der Waals surface area contributed by atoms with Crippen LogP contribution in [-0.4, -0.2) is 39.1 Å². The Bertz CT molecular complexity index is 229. The zero-order valence-electron chi connectivity index (χ0n) is 11.0. The number of ether oxygens (including phenoxy) is 2. The maximum absolute atomic E-state index is 5.85. The predicted octanol–water partition coefficient (Wildman–Crippen LogP) is 1.89. The number of nitrogens with one attached hydrogen (secondary N) is 1. The first kappa shape index (κ1) is 13.3. The lowest BCUT2D eigenvalue weighted by atomic mass is 9.61. The molecule has 2 aliphatic carbocycles. The van der Waals surface area contributed by atoms with Crippen LogP contribution in [0.2, 0.25) is 0 Å². The van der Waals surface area contributed by atoms with Crippen LogP contribution < -0.4 is 5.48 Å². The zero-order valence-corrected chi connectivity index (χ0v) is 11.0. The number of hydrogen-bond acceptors (Lipinski definition) is 4. The van der Waals surface area contributed by atoms with Crippen molar-refractivity contribution in [3.05, 3.63) is 0 Å². The normalized spacial score (nSPS) is 30.7. The van der Waals surface area contributed by atoms with Gasteiger partial charge < -0.3 is 9.47 Å². The van der Waals surface area contributed by atoms with Crippen LogP contribution in [0.15, 0.2) is 0 Å². The van der Waals surface area contributed by atoms with Gasteiger partial charge in [-0.25, -0.2) is 0 Å². The molecule has 0 aliphatic heterocycles. The summed E-state index contributed by atoms with van der Waals surface area (Å²) in [6, 6.07) is 0.471. The van der Waals surface area contributed by atoms with E-state index in [1.165, 1.54) is 25.7 Å². The number of rotatable bonds is 7. The average Bonchev–Trinajstić information content (AvgIpc) is 2.84. The molecule has 1 N–H and O–H groups in total. The average molecular weight is 243 g/mol. The second-order valence-corrected chi connectivity index (χ2v) is 5.13. The molecular weight excluding hydrogens is 218 g/mol. The van der Waals surface area contributed by atoms with Gasteiger partial charge in [0.2, 0.25) is 0 Å². The first-order chi connectivity index (χ1) is 8.33. The van der Waals surface area contributed by atoms with Crippen molar-refractivity contribution in [1.29, 1.82) is 0 Å². The molecule has 2 rings (SSSR count). The maximum Gasteiger partial charge on any atom is 0.0915 e. The van der Waals surface area contributed by atoms with E-state index in [-0.39, 0.29) is 0 Å². The van der Waals surface area contributed by atoms with Gasteiger partial charge in [0.15, 0.2) is 0 Å². The number of hydrogen-bond donors (Lipinski definition) is 1. The molecule has 0 aromatic carbocycles. The molecule has 17 heavy (non-hydrogen) atoms. The van der Waals surface area contributed by atoms with Crippen molar-refractivity contribution in [1.82, 2.24) is 5.48 Å². The monoisotopic (exact) mass is 243 g/mol. The Labute approximate surface area is 104 Å². The lowest BCUT2D eigenvalue weighted by molar-refractivity contribution is -0.170. The summed E-state index contributed by atoms with van der Waals surface area (Å²) in [5, 5.41) is 0. The molecule has 0 aromatic rings. The van der Waals surface area contributed by atoms with Crippen LogP contribution in [-0.2, 0) is 14.3 Å². The third-order valence-electron chi connectivity index (χ3n) is 4.30. The molecule has 2 saturated carbocycles. The fraction of sp³-hybridized carbons (Fsp3) is 1.00. The van der Waals surface area contributed by atoms with Gasteiger partial charge in [0, 0.05) is 25.2 Å². The van der Waals surface area contributed by atoms with Gasteiger partial charge in [0.1, 0.15) is 0 Å². The van der Waals surface area contributed by atoms with Crippen molar-refractivity contribution < 1.29 is 14.3 Å². The smallest absolute Gasteiger partial charge is 0.0915 e. The molecule has 2 atom stereocenters. The Morgan fingerprint density at radius 2 is 2.00 bits per heavy atom. The fourth-order valence-corrected chi connectivity index (χ4v) is 3.34. The van der Waals surface area contributed by atoms with Crippen LogP contribution in [0.3, 0.4) is 0 Å². The molecule has 0 amide bonds. The molecule has 0 bridgehead atoms. The molecule has 4 nitrogen and oxygen atoms in total. The van der Waals surface area contributed by atoms with Crippen molar-refractivity contribution in [3.8, 4) is 0 Å². The Balaban J connectivity index is 1.79. The third kappa shape index (κ3) is 2.65. The van der Waals surface area contributed by atoms with Crippen LogP contribution >= 0.6 is 0 Å². The Morgan fingerprint density at radius 3 is 2.65 bits per heavy atom.